The maximum Gasteiger partial charge on any atom is 0.226 e. The minimum absolute atomic E-state index is 0.118. The summed E-state index contributed by atoms with van der Waals surface area (Å²) in [5.74, 6) is 1.05. The lowest BCUT2D eigenvalue weighted by molar-refractivity contribution is -0.170. The summed E-state index contributed by atoms with van der Waals surface area (Å²) in [7, 11) is 1.97. The summed E-state index contributed by atoms with van der Waals surface area (Å²) in [6.07, 6.45) is 7.25. The zero-order chi connectivity index (χ0) is 17.3. The molecule has 1 aromatic rings. The van der Waals surface area contributed by atoms with Crippen LogP contribution in [0.3, 0.4) is 0 Å². The molecule has 2 unspecified atom stereocenters. The lowest BCUT2D eigenvalue weighted by Crippen LogP contribution is -2.59. The Labute approximate surface area is 145 Å². The molecule has 4 fully saturated rings. The van der Waals surface area contributed by atoms with Crippen LogP contribution in [-0.2, 0) is 18.4 Å². The van der Waals surface area contributed by atoms with Gasteiger partial charge in [0.25, 0.3) is 0 Å². The van der Waals surface area contributed by atoms with Crippen molar-refractivity contribution in [2.24, 2.45) is 29.2 Å². The third kappa shape index (κ3) is 2.33. The summed E-state index contributed by atoms with van der Waals surface area (Å²) in [5.41, 5.74) is 3.99. The number of carbonyl (C=O) groups excluding carboxylic acids is 1. The quantitative estimate of drug-likeness (QED) is 0.920. The topological polar surface area (TPSA) is 46.9 Å². The zero-order valence-electron chi connectivity index (χ0n) is 15.8. The Balaban J connectivity index is 1.54. The smallest absolute Gasteiger partial charge is 0.226 e. The van der Waals surface area contributed by atoms with Gasteiger partial charge in [-0.1, -0.05) is 13.8 Å². The molecule has 4 heteroatoms. The molecule has 0 spiro atoms. The van der Waals surface area contributed by atoms with E-state index in [0.29, 0.717) is 23.3 Å². The molecule has 0 aliphatic heterocycles. The summed E-state index contributed by atoms with van der Waals surface area (Å²) >= 11 is 0. The standard InChI is InChI=1S/C20H31N3O/c1-13-16(14(2)23(5)22-13)9-21-17(24)20-8-15-6-18(3,11-20)10-19(4,7-15)12-20/h15H,6-12H2,1-5H3,(H,21,24)/t15?,18-,19+,20?. The zero-order valence-corrected chi connectivity index (χ0v) is 15.8. The second kappa shape index (κ2) is 4.86. The molecule has 4 atom stereocenters. The maximum atomic E-state index is 13.2. The highest BCUT2D eigenvalue weighted by atomic mass is 16.2. The Morgan fingerprint density at radius 3 is 2.29 bits per heavy atom. The highest BCUT2D eigenvalue weighted by molar-refractivity contribution is 5.83. The van der Waals surface area contributed by atoms with Crippen LogP contribution in [0, 0.1) is 36.0 Å². The minimum atomic E-state index is -0.118. The van der Waals surface area contributed by atoms with Crippen molar-refractivity contribution in [3.8, 4) is 0 Å². The predicted octanol–water partition coefficient (Wildman–Crippen LogP) is 3.65. The number of aromatic nitrogens is 2. The average molecular weight is 329 g/mol. The number of nitrogens with one attached hydrogen (secondary N) is 1. The minimum Gasteiger partial charge on any atom is -0.351 e. The predicted molar refractivity (Wildman–Crippen MR) is 94.4 cm³/mol. The monoisotopic (exact) mass is 329 g/mol. The van der Waals surface area contributed by atoms with E-state index in [1.165, 1.54) is 24.8 Å². The molecule has 4 bridgehead atoms. The van der Waals surface area contributed by atoms with E-state index in [1.54, 1.807) is 0 Å². The Morgan fingerprint density at radius 1 is 1.17 bits per heavy atom. The van der Waals surface area contributed by atoms with Gasteiger partial charge in [0.05, 0.1) is 11.1 Å². The number of nitrogens with zero attached hydrogens (tertiary/aromatic N) is 2. The van der Waals surface area contributed by atoms with Gasteiger partial charge in [-0.15, -0.1) is 0 Å². The molecule has 0 radical (unpaired) electrons. The van der Waals surface area contributed by atoms with Crippen molar-refractivity contribution in [3.05, 3.63) is 17.0 Å². The largest absolute Gasteiger partial charge is 0.351 e. The van der Waals surface area contributed by atoms with Crippen LogP contribution in [-0.4, -0.2) is 15.7 Å². The van der Waals surface area contributed by atoms with Gasteiger partial charge in [-0.3, -0.25) is 9.48 Å². The maximum absolute atomic E-state index is 13.2. The van der Waals surface area contributed by atoms with Gasteiger partial charge in [0.15, 0.2) is 0 Å². The van der Waals surface area contributed by atoms with E-state index in [9.17, 15) is 4.79 Å². The Morgan fingerprint density at radius 2 is 1.79 bits per heavy atom. The first-order chi connectivity index (χ1) is 11.1. The average Bonchev–Trinajstić information content (AvgIpc) is 2.66. The summed E-state index contributed by atoms with van der Waals surface area (Å²) in [6, 6.07) is 0. The SMILES string of the molecule is Cc1nn(C)c(C)c1CNC(=O)C12CC3C[C@@](C)(C1)C[C@](C)(C3)C2. The van der Waals surface area contributed by atoms with Crippen molar-refractivity contribution in [3.63, 3.8) is 0 Å². The van der Waals surface area contributed by atoms with E-state index in [4.69, 9.17) is 0 Å². The molecule has 132 valence electrons. The molecule has 0 saturated heterocycles. The Hall–Kier alpha value is -1.32. The number of hydrogen-bond acceptors (Lipinski definition) is 2. The van der Waals surface area contributed by atoms with Gasteiger partial charge in [-0.2, -0.15) is 5.10 Å². The highest BCUT2D eigenvalue weighted by Crippen LogP contribution is 2.69. The first-order valence-electron chi connectivity index (χ1n) is 9.41. The normalized spacial score (nSPS) is 40.1. The third-order valence-electron chi connectivity index (χ3n) is 7.19. The van der Waals surface area contributed by atoms with Gasteiger partial charge in [-0.05, 0) is 69.1 Å². The van der Waals surface area contributed by atoms with E-state index in [-0.39, 0.29) is 5.41 Å². The van der Waals surface area contributed by atoms with Crippen molar-refractivity contribution in [2.45, 2.75) is 72.8 Å². The fraction of sp³-hybridized carbons (Fsp3) is 0.800. The Bertz CT molecular complexity index is 686. The number of amides is 1. The van der Waals surface area contributed by atoms with Crippen LogP contribution in [0.1, 0.15) is 69.3 Å². The van der Waals surface area contributed by atoms with Crippen molar-refractivity contribution < 1.29 is 4.79 Å². The van der Waals surface area contributed by atoms with Crippen molar-refractivity contribution in [1.82, 2.24) is 15.1 Å². The van der Waals surface area contributed by atoms with Crippen LogP contribution in [0.4, 0.5) is 0 Å². The highest BCUT2D eigenvalue weighted by Gasteiger charge is 2.62. The molecule has 1 aromatic heterocycles. The van der Waals surface area contributed by atoms with E-state index in [2.05, 4.69) is 31.2 Å². The third-order valence-corrected chi connectivity index (χ3v) is 7.19. The number of aryl methyl sites for hydroxylation is 2. The van der Waals surface area contributed by atoms with Crippen molar-refractivity contribution >= 4 is 5.91 Å². The summed E-state index contributed by atoms with van der Waals surface area (Å²) < 4.78 is 1.91. The van der Waals surface area contributed by atoms with Crippen LogP contribution < -0.4 is 5.32 Å². The van der Waals surface area contributed by atoms with E-state index in [1.807, 2.05) is 18.7 Å². The Kier molecular flexibility index (Phi) is 3.27. The molecule has 24 heavy (non-hydrogen) atoms. The lowest BCUT2D eigenvalue weighted by atomic mass is 9.40. The van der Waals surface area contributed by atoms with E-state index in [0.717, 1.165) is 36.6 Å². The van der Waals surface area contributed by atoms with Crippen LogP contribution in [0.25, 0.3) is 0 Å². The molecule has 1 heterocycles. The molecule has 1 amide bonds. The second-order valence-electron chi connectivity index (χ2n) is 9.87. The van der Waals surface area contributed by atoms with E-state index >= 15 is 0 Å². The van der Waals surface area contributed by atoms with Crippen molar-refractivity contribution in [2.75, 3.05) is 0 Å². The van der Waals surface area contributed by atoms with Crippen LogP contribution in [0.5, 0.6) is 0 Å². The first kappa shape index (κ1) is 16.2. The molecule has 4 aliphatic carbocycles. The molecule has 4 aliphatic rings. The molecular formula is C20H31N3O. The molecule has 1 N–H and O–H groups in total. The number of carbonyl (C=O) groups is 1. The fourth-order valence-corrected chi connectivity index (χ4v) is 7.13. The first-order valence-corrected chi connectivity index (χ1v) is 9.41. The van der Waals surface area contributed by atoms with Gasteiger partial charge >= 0.3 is 0 Å². The second-order valence-corrected chi connectivity index (χ2v) is 9.87. The number of hydrogen-bond donors (Lipinski definition) is 1. The van der Waals surface area contributed by atoms with Gasteiger partial charge in [0.2, 0.25) is 5.91 Å². The number of rotatable bonds is 3. The van der Waals surface area contributed by atoms with Gasteiger partial charge in [0, 0.05) is 24.8 Å². The van der Waals surface area contributed by atoms with Crippen molar-refractivity contribution in [1.29, 1.82) is 0 Å². The molecular weight excluding hydrogens is 298 g/mol. The fourth-order valence-electron chi connectivity index (χ4n) is 7.13. The summed E-state index contributed by atoms with van der Waals surface area (Å²) in [6.45, 7) is 9.57. The van der Waals surface area contributed by atoms with Crippen LogP contribution in [0.15, 0.2) is 0 Å². The summed E-state index contributed by atoms with van der Waals surface area (Å²) in [4.78, 5) is 13.2. The molecule has 5 rings (SSSR count). The van der Waals surface area contributed by atoms with Gasteiger partial charge in [-0.25, -0.2) is 0 Å². The van der Waals surface area contributed by atoms with Crippen LogP contribution >= 0.6 is 0 Å². The molecule has 0 aromatic carbocycles. The lowest BCUT2D eigenvalue weighted by Gasteiger charge is -2.64. The van der Waals surface area contributed by atoms with Gasteiger partial charge < -0.3 is 5.32 Å². The van der Waals surface area contributed by atoms with E-state index < -0.39 is 0 Å². The van der Waals surface area contributed by atoms with Crippen LogP contribution in [0.2, 0.25) is 0 Å². The van der Waals surface area contributed by atoms with Gasteiger partial charge in [0.1, 0.15) is 0 Å². The molecule has 4 saturated carbocycles. The molecule has 4 nitrogen and oxygen atoms in total. The summed E-state index contributed by atoms with van der Waals surface area (Å²) in [5, 5.41) is 7.76.